The zero-order valence-corrected chi connectivity index (χ0v) is 17.0. The van der Waals surface area contributed by atoms with Crippen molar-refractivity contribution in [2.24, 2.45) is 0 Å². The first kappa shape index (κ1) is 19.8. The highest BCUT2D eigenvalue weighted by atomic mass is 32.2. The van der Waals surface area contributed by atoms with Crippen molar-refractivity contribution in [1.82, 2.24) is 9.97 Å². The van der Waals surface area contributed by atoms with E-state index in [1.54, 1.807) is 18.5 Å². The van der Waals surface area contributed by atoms with Gasteiger partial charge in [-0.25, -0.2) is 14.8 Å². The number of esters is 1. The van der Waals surface area contributed by atoms with Crippen LogP contribution >= 0.6 is 23.1 Å². The number of anilines is 1. The maximum Gasteiger partial charge on any atom is 0.341 e. The maximum absolute atomic E-state index is 12.4. The highest BCUT2D eigenvalue weighted by Crippen LogP contribution is 2.37. The number of rotatable bonds is 6. The number of aromatic nitrogens is 2. The minimum absolute atomic E-state index is 0.113. The quantitative estimate of drug-likeness (QED) is 0.443. The molecule has 0 saturated carbocycles. The minimum Gasteiger partial charge on any atom is -0.465 e. The number of amides is 1. The van der Waals surface area contributed by atoms with Crippen molar-refractivity contribution in [2.75, 3.05) is 18.2 Å². The van der Waals surface area contributed by atoms with Crippen LogP contribution < -0.4 is 5.32 Å². The Bertz CT molecular complexity index is 793. The van der Waals surface area contributed by atoms with E-state index in [4.69, 9.17) is 4.74 Å². The van der Waals surface area contributed by atoms with E-state index < -0.39 is 0 Å². The summed E-state index contributed by atoms with van der Waals surface area (Å²) >= 11 is 2.96. The number of thiophene rings is 1. The summed E-state index contributed by atoms with van der Waals surface area (Å²) in [5.41, 5.74) is 1.61. The maximum atomic E-state index is 12.4. The molecular formula is C19H23N3O3S2. The lowest BCUT2D eigenvalue weighted by atomic mass is 9.96. The number of carbonyl (C=O) groups excluding carboxylic acids is 2. The molecule has 2 heterocycles. The van der Waals surface area contributed by atoms with E-state index in [-0.39, 0.29) is 11.9 Å². The summed E-state index contributed by atoms with van der Waals surface area (Å²) < 4.78 is 4.99. The van der Waals surface area contributed by atoms with Gasteiger partial charge in [-0.05, 0) is 37.3 Å². The Morgan fingerprint density at radius 2 is 1.93 bits per heavy atom. The van der Waals surface area contributed by atoms with Crippen LogP contribution in [0.1, 0.15) is 52.9 Å². The largest absolute Gasteiger partial charge is 0.465 e. The van der Waals surface area contributed by atoms with Crippen molar-refractivity contribution >= 4 is 40.0 Å². The molecule has 0 radical (unpaired) electrons. The van der Waals surface area contributed by atoms with Gasteiger partial charge in [-0.1, -0.05) is 24.6 Å². The third kappa shape index (κ3) is 5.29. The molecular weight excluding hydrogens is 382 g/mol. The Labute approximate surface area is 167 Å². The van der Waals surface area contributed by atoms with Crippen molar-refractivity contribution in [2.45, 2.75) is 50.1 Å². The molecule has 144 valence electrons. The van der Waals surface area contributed by atoms with Gasteiger partial charge in [0.15, 0.2) is 5.16 Å². The second-order valence-electron chi connectivity index (χ2n) is 6.29. The van der Waals surface area contributed by atoms with Crippen LogP contribution in [0.2, 0.25) is 0 Å². The number of nitrogens with zero attached hydrogens (tertiary/aromatic N) is 2. The molecule has 3 rings (SSSR count). The third-order valence-electron chi connectivity index (χ3n) is 4.42. The minimum atomic E-state index is -0.365. The Kier molecular flexibility index (Phi) is 7.23. The molecule has 27 heavy (non-hydrogen) atoms. The molecule has 1 amide bonds. The van der Waals surface area contributed by atoms with Crippen LogP contribution in [-0.2, 0) is 22.4 Å². The number of aryl methyl sites for hydroxylation is 1. The fraction of sp³-hybridized carbons (Fsp3) is 0.474. The van der Waals surface area contributed by atoms with Gasteiger partial charge in [0.05, 0.1) is 12.7 Å². The molecule has 8 heteroatoms. The molecule has 0 saturated heterocycles. The van der Waals surface area contributed by atoms with E-state index in [1.165, 1.54) is 47.9 Å². The highest BCUT2D eigenvalue weighted by molar-refractivity contribution is 7.99. The van der Waals surface area contributed by atoms with E-state index in [1.807, 2.05) is 0 Å². The van der Waals surface area contributed by atoms with Gasteiger partial charge in [0.1, 0.15) is 5.00 Å². The van der Waals surface area contributed by atoms with Gasteiger partial charge in [0.2, 0.25) is 5.91 Å². The predicted octanol–water partition coefficient (Wildman–Crippen LogP) is 4.10. The molecule has 1 aliphatic rings. The van der Waals surface area contributed by atoms with Crippen LogP contribution in [0.5, 0.6) is 0 Å². The van der Waals surface area contributed by atoms with Crippen LogP contribution in [0, 0.1) is 0 Å². The SMILES string of the molecule is COC(=O)c1c(NC(=O)CCSc2ncccn2)sc2c1CCCCCC2. The standard InChI is InChI=1S/C19H23N3O3S2/c1-25-18(24)16-13-7-4-2-3-5-8-14(13)27-17(16)22-15(23)9-12-26-19-20-10-6-11-21-19/h6,10-11H,2-5,7-9,12H2,1H3,(H,22,23). The van der Waals surface area contributed by atoms with Crippen LogP contribution in [0.3, 0.4) is 0 Å². The second kappa shape index (κ2) is 9.85. The first-order valence-electron chi connectivity index (χ1n) is 9.11. The fourth-order valence-corrected chi connectivity index (χ4v) is 5.14. The van der Waals surface area contributed by atoms with E-state index in [0.29, 0.717) is 27.9 Å². The van der Waals surface area contributed by atoms with Gasteiger partial charge in [-0.15, -0.1) is 11.3 Å². The Morgan fingerprint density at radius 1 is 1.19 bits per heavy atom. The number of hydrogen-bond acceptors (Lipinski definition) is 7. The van der Waals surface area contributed by atoms with Crippen LogP contribution in [0.15, 0.2) is 23.6 Å². The van der Waals surface area contributed by atoms with Crippen LogP contribution in [0.25, 0.3) is 0 Å². The summed E-state index contributed by atoms with van der Waals surface area (Å²) in [6.07, 6.45) is 10.1. The normalized spacial score (nSPS) is 14.0. The Hall–Kier alpha value is -1.93. The molecule has 0 fully saturated rings. The van der Waals surface area contributed by atoms with E-state index in [9.17, 15) is 9.59 Å². The number of thioether (sulfide) groups is 1. The molecule has 0 spiro atoms. The first-order chi connectivity index (χ1) is 13.2. The lowest BCUT2D eigenvalue weighted by Gasteiger charge is -2.11. The van der Waals surface area contributed by atoms with Gasteiger partial charge in [-0.2, -0.15) is 0 Å². The molecule has 0 unspecified atom stereocenters. The van der Waals surface area contributed by atoms with Crippen molar-refractivity contribution in [1.29, 1.82) is 0 Å². The molecule has 1 N–H and O–H groups in total. The monoisotopic (exact) mass is 405 g/mol. The number of methoxy groups -OCH3 is 1. The molecule has 2 aromatic rings. The summed E-state index contributed by atoms with van der Waals surface area (Å²) in [6.45, 7) is 0. The van der Waals surface area contributed by atoms with Crippen LogP contribution in [0.4, 0.5) is 5.00 Å². The lowest BCUT2D eigenvalue weighted by molar-refractivity contribution is -0.115. The summed E-state index contributed by atoms with van der Waals surface area (Å²) in [5.74, 6) is 0.0994. The number of fused-ring (bicyclic) bond motifs is 1. The predicted molar refractivity (Wildman–Crippen MR) is 108 cm³/mol. The zero-order chi connectivity index (χ0) is 19.1. The van der Waals surface area contributed by atoms with Gasteiger partial charge >= 0.3 is 5.97 Å². The second-order valence-corrected chi connectivity index (χ2v) is 8.46. The summed E-state index contributed by atoms with van der Waals surface area (Å²) in [5, 5.41) is 4.21. The van der Waals surface area contributed by atoms with E-state index >= 15 is 0 Å². The number of ether oxygens (including phenoxy) is 1. The van der Waals surface area contributed by atoms with Crippen molar-refractivity contribution in [3.8, 4) is 0 Å². The fourth-order valence-electron chi connectivity index (χ4n) is 3.11. The van der Waals surface area contributed by atoms with Gasteiger partial charge in [0.25, 0.3) is 0 Å². The average molecular weight is 406 g/mol. The molecule has 0 bridgehead atoms. The average Bonchev–Trinajstić information content (AvgIpc) is 2.98. The van der Waals surface area contributed by atoms with Crippen molar-refractivity contribution < 1.29 is 14.3 Å². The molecule has 6 nitrogen and oxygen atoms in total. The molecule has 0 aliphatic heterocycles. The summed E-state index contributed by atoms with van der Waals surface area (Å²) in [7, 11) is 1.39. The third-order valence-corrected chi connectivity index (χ3v) is 6.50. The molecule has 1 aliphatic carbocycles. The topological polar surface area (TPSA) is 81.2 Å². The number of nitrogens with one attached hydrogen (secondary N) is 1. The molecule has 0 atom stereocenters. The van der Waals surface area contributed by atoms with E-state index in [0.717, 1.165) is 31.2 Å². The van der Waals surface area contributed by atoms with Gasteiger partial charge in [0, 0.05) is 29.4 Å². The Morgan fingerprint density at radius 3 is 2.67 bits per heavy atom. The van der Waals surface area contributed by atoms with Crippen molar-refractivity contribution in [3.05, 3.63) is 34.5 Å². The van der Waals surface area contributed by atoms with Gasteiger partial charge in [-0.3, -0.25) is 4.79 Å². The summed E-state index contributed by atoms with van der Waals surface area (Å²) in [4.78, 5) is 34.2. The number of carbonyl (C=O) groups is 2. The zero-order valence-electron chi connectivity index (χ0n) is 15.3. The molecule has 2 aromatic heterocycles. The van der Waals surface area contributed by atoms with Crippen LogP contribution in [-0.4, -0.2) is 34.7 Å². The first-order valence-corrected chi connectivity index (χ1v) is 10.9. The van der Waals surface area contributed by atoms with E-state index in [2.05, 4.69) is 15.3 Å². The van der Waals surface area contributed by atoms with Gasteiger partial charge < -0.3 is 10.1 Å². The Balaban J connectivity index is 1.68. The highest BCUT2D eigenvalue weighted by Gasteiger charge is 2.25. The lowest BCUT2D eigenvalue weighted by Crippen LogP contribution is -2.15. The number of hydrogen-bond donors (Lipinski definition) is 1. The summed E-state index contributed by atoms with van der Waals surface area (Å²) in [6, 6.07) is 1.76. The molecule has 0 aromatic carbocycles. The van der Waals surface area contributed by atoms with Crippen molar-refractivity contribution in [3.63, 3.8) is 0 Å². The smallest absolute Gasteiger partial charge is 0.341 e.